The van der Waals surface area contributed by atoms with Crippen molar-refractivity contribution >= 4 is 11.6 Å². The molecule has 0 spiro atoms. The van der Waals surface area contributed by atoms with Crippen LogP contribution in [0.1, 0.15) is 35.8 Å². The summed E-state index contributed by atoms with van der Waals surface area (Å²) >= 11 is 0. The number of aromatic carboxylic acids is 1. The molecule has 0 saturated carbocycles. The quantitative estimate of drug-likeness (QED) is 0.815. The molecule has 0 aliphatic heterocycles. The van der Waals surface area contributed by atoms with Crippen molar-refractivity contribution in [2.24, 2.45) is 0 Å². The number of carboxylic acids is 1. The molecule has 0 bridgehead atoms. The van der Waals surface area contributed by atoms with E-state index in [-0.39, 0.29) is 5.56 Å². The summed E-state index contributed by atoms with van der Waals surface area (Å²) in [5, 5.41) is 8.82. The first kappa shape index (κ1) is 9.71. The van der Waals surface area contributed by atoms with Crippen LogP contribution in [0.15, 0.2) is 24.5 Å². The number of hydrogen-bond acceptors (Lipinski definition) is 2. The first-order valence-corrected chi connectivity index (χ1v) is 4.80. The van der Waals surface area contributed by atoms with Gasteiger partial charge in [-0.25, -0.2) is 9.78 Å². The van der Waals surface area contributed by atoms with Gasteiger partial charge in [0.1, 0.15) is 5.65 Å². The number of nitrogens with zero attached hydrogens (tertiary/aromatic N) is 2. The predicted octanol–water partition coefficient (Wildman–Crippen LogP) is 2.16. The molecule has 2 aromatic heterocycles. The zero-order valence-corrected chi connectivity index (χ0v) is 8.64. The summed E-state index contributed by atoms with van der Waals surface area (Å²) in [6, 6.07) is 3.16. The standard InChI is InChI=1S/C11H12N2O2/c1-7(2)9-6-12-10-5-8(11(14)15)3-4-13(9)10/h3-7H,1-2H3,(H,14,15). The van der Waals surface area contributed by atoms with Crippen molar-refractivity contribution in [1.29, 1.82) is 0 Å². The van der Waals surface area contributed by atoms with Crippen LogP contribution in [0, 0.1) is 0 Å². The monoisotopic (exact) mass is 204 g/mol. The van der Waals surface area contributed by atoms with E-state index in [1.807, 2.05) is 4.40 Å². The molecule has 2 heterocycles. The second-order valence-corrected chi connectivity index (χ2v) is 3.79. The molecule has 15 heavy (non-hydrogen) atoms. The number of carbonyl (C=O) groups is 1. The van der Waals surface area contributed by atoms with Crippen molar-refractivity contribution in [3.63, 3.8) is 0 Å². The van der Waals surface area contributed by atoms with E-state index in [4.69, 9.17) is 5.11 Å². The summed E-state index contributed by atoms with van der Waals surface area (Å²) in [5.74, 6) is -0.553. The van der Waals surface area contributed by atoms with Crippen LogP contribution >= 0.6 is 0 Å². The fraction of sp³-hybridized carbons (Fsp3) is 0.273. The maximum atomic E-state index is 10.7. The van der Waals surface area contributed by atoms with Crippen LogP contribution < -0.4 is 0 Å². The number of imidazole rings is 1. The fourth-order valence-electron chi connectivity index (χ4n) is 1.56. The van der Waals surface area contributed by atoms with Gasteiger partial charge in [-0.2, -0.15) is 0 Å². The van der Waals surface area contributed by atoms with Crippen LogP contribution in [0.3, 0.4) is 0 Å². The molecule has 0 amide bonds. The molecule has 0 aliphatic rings. The zero-order chi connectivity index (χ0) is 11.0. The van der Waals surface area contributed by atoms with Crippen molar-refractivity contribution in [1.82, 2.24) is 9.38 Å². The lowest BCUT2D eigenvalue weighted by atomic mass is 10.1. The van der Waals surface area contributed by atoms with Gasteiger partial charge in [0.25, 0.3) is 0 Å². The van der Waals surface area contributed by atoms with E-state index < -0.39 is 5.97 Å². The Balaban J connectivity index is 2.61. The van der Waals surface area contributed by atoms with Crippen LogP contribution in [0.4, 0.5) is 0 Å². The summed E-state index contributed by atoms with van der Waals surface area (Å²) < 4.78 is 1.91. The highest BCUT2D eigenvalue weighted by Crippen LogP contribution is 2.16. The van der Waals surface area contributed by atoms with E-state index in [0.717, 1.165) is 5.69 Å². The topological polar surface area (TPSA) is 54.6 Å². The van der Waals surface area contributed by atoms with Crippen LogP contribution in [0.2, 0.25) is 0 Å². The smallest absolute Gasteiger partial charge is 0.335 e. The average molecular weight is 204 g/mol. The first-order chi connectivity index (χ1) is 7.09. The third kappa shape index (κ3) is 1.58. The van der Waals surface area contributed by atoms with E-state index in [1.165, 1.54) is 0 Å². The Kier molecular flexibility index (Phi) is 2.19. The van der Waals surface area contributed by atoms with Crippen LogP contribution in [-0.2, 0) is 0 Å². The molecule has 0 fully saturated rings. The van der Waals surface area contributed by atoms with E-state index >= 15 is 0 Å². The molecule has 0 radical (unpaired) electrons. The van der Waals surface area contributed by atoms with Gasteiger partial charge >= 0.3 is 5.97 Å². The number of rotatable bonds is 2. The first-order valence-electron chi connectivity index (χ1n) is 4.80. The molecule has 4 heteroatoms. The highest BCUT2D eigenvalue weighted by molar-refractivity contribution is 5.88. The van der Waals surface area contributed by atoms with Gasteiger partial charge in [0.15, 0.2) is 0 Å². The number of fused-ring (bicyclic) bond motifs is 1. The van der Waals surface area contributed by atoms with Gasteiger partial charge in [-0.3, -0.25) is 0 Å². The van der Waals surface area contributed by atoms with Crippen LogP contribution in [0.25, 0.3) is 5.65 Å². The Morgan fingerprint density at radius 1 is 1.53 bits per heavy atom. The van der Waals surface area contributed by atoms with Crippen LogP contribution in [-0.4, -0.2) is 20.5 Å². The lowest BCUT2D eigenvalue weighted by molar-refractivity contribution is 0.0697. The molecule has 2 rings (SSSR count). The summed E-state index contributed by atoms with van der Waals surface area (Å²) in [4.78, 5) is 14.9. The molecule has 0 unspecified atom stereocenters. The predicted molar refractivity (Wildman–Crippen MR) is 56.2 cm³/mol. The maximum absolute atomic E-state index is 10.7. The fourth-order valence-corrected chi connectivity index (χ4v) is 1.56. The maximum Gasteiger partial charge on any atom is 0.335 e. The van der Waals surface area contributed by atoms with Gasteiger partial charge in [0.05, 0.1) is 5.56 Å². The second-order valence-electron chi connectivity index (χ2n) is 3.79. The van der Waals surface area contributed by atoms with Crippen molar-refractivity contribution in [2.75, 3.05) is 0 Å². The summed E-state index contributed by atoms with van der Waals surface area (Å²) in [6.07, 6.45) is 3.53. The lowest BCUT2D eigenvalue weighted by Crippen LogP contribution is -1.99. The Hall–Kier alpha value is -1.84. The van der Waals surface area contributed by atoms with Gasteiger partial charge in [-0.05, 0) is 18.1 Å². The van der Waals surface area contributed by atoms with E-state index in [0.29, 0.717) is 11.6 Å². The SMILES string of the molecule is CC(C)c1cnc2cc(C(=O)O)ccn12. The van der Waals surface area contributed by atoms with Gasteiger partial charge in [0, 0.05) is 18.1 Å². The van der Waals surface area contributed by atoms with Crippen LogP contribution in [0.5, 0.6) is 0 Å². The molecular formula is C11H12N2O2. The van der Waals surface area contributed by atoms with E-state index in [9.17, 15) is 4.79 Å². The Morgan fingerprint density at radius 3 is 2.87 bits per heavy atom. The average Bonchev–Trinajstić information content (AvgIpc) is 2.59. The van der Waals surface area contributed by atoms with Gasteiger partial charge < -0.3 is 9.51 Å². The third-order valence-corrected chi connectivity index (χ3v) is 2.38. The number of pyridine rings is 1. The number of carboxylic acid groups (broad SMARTS) is 1. The molecular weight excluding hydrogens is 192 g/mol. The third-order valence-electron chi connectivity index (χ3n) is 2.38. The molecule has 0 aromatic carbocycles. The molecule has 0 aliphatic carbocycles. The zero-order valence-electron chi connectivity index (χ0n) is 8.64. The minimum absolute atomic E-state index is 0.267. The highest BCUT2D eigenvalue weighted by Gasteiger charge is 2.09. The Bertz CT molecular complexity index is 514. The van der Waals surface area contributed by atoms with Gasteiger partial charge in [-0.15, -0.1) is 0 Å². The Labute approximate surface area is 87.2 Å². The molecule has 0 saturated heterocycles. The summed E-state index contributed by atoms with van der Waals surface area (Å²) in [5.41, 5.74) is 2.03. The minimum Gasteiger partial charge on any atom is -0.478 e. The lowest BCUT2D eigenvalue weighted by Gasteiger charge is -2.04. The van der Waals surface area contributed by atoms with Crippen molar-refractivity contribution in [3.8, 4) is 0 Å². The highest BCUT2D eigenvalue weighted by atomic mass is 16.4. The molecule has 78 valence electrons. The minimum atomic E-state index is -0.924. The normalized spacial score (nSPS) is 11.1. The van der Waals surface area contributed by atoms with Gasteiger partial charge in [-0.1, -0.05) is 13.8 Å². The van der Waals surface area contributed by atoms with E-state index in [2.05, 4.69) is 18.8 Å². The molecule has 1 N–H and O–H groups in total. The summed E-state index contributed by atoms with van der Waals surface area (Å²) in [6.45, 7) is 4.16. The van der Waals surface area contributed by atoms with Gasteiger partial charge in [0.2, 0.25) is 0 Å². The van der Waals surface area contributed by atoms with Crippen molar-refractivity contribution in [2.45, 2.75) is 19.8 Å². The molecule has 4 nitrogen and oxygen atoms in total. The second kappa shape index (κ2) is 3.38. The largest absolute Gasteiger partial charge is 0.478 e. The molecule has 2 aromatic rings. The Morgan fingerprint density at radius 2 is 2.27 bits per heavy atom. The molecule has 0 atom stereocenters. The number of aromatic nitrogens is 2. The van der Waals surface area contributed by atoms with E-state index in [1.54, 1.807) is 24.5 Å². The van der Waals surface area contributed by atoms with Crippen molar-refractivity contribution < 1.29 is 9.90 Å². The number of hydrogen-bond donors (Lipinski definition) is 1. The summed E-state index contributed by atoms with van der Waals surface area (Å²) in [7, 11) is 0. The van der Waals surface area contributed by atoms with Crippen molar-refractivity contribution in [3.05, 3.63) is 35.8 Å².